The fourth-order valence-corrected chi connectivity index (χ4v) is 1.68. The molecule has 2 unspecified atom stereocenters. The molecule has 2 fully saturated rings. The summed E-state index contributed by atoms with van der Waals surface area (Å²) in [4.78, 5) is 21.1. The summed E-state index contributed by atoms with van der Waals surface area (Å²) in [6, 6.07) is 0. The van der Waals surface area contributed by atoms with Gasteiger partial charge in [-0.25, -0.2) is 9.59 Å². The second-order valence-corrected chi connectivity index (χ2v) is 5.40. The monoisotopic (exact) mass is 312 g/mol. The van der Waals surface area contributed by atoms with E-state index < -0.39 is 5.97 Å². The molecule has 6 heteroatoms. The highest BCUT2D eigenvalue weighted by molar-refractivity contribution is 5.87. The number of epoxide rings is 1. The number of carbonyl (C=O) groups is 2. The van der Waals surface area contributed by atoms with Crippen LogP contribution in [0.2, 0.25) is 0 Å². The van der Waals surface area contributed by atoms with E-state index in [4.69, 9.17) is 19.3 Å². The SMILES string of the molecule is C/C(=C\CC1CCCO1)C(=O)O.C=C(C)C(=O)OCC1CO1. The Kier molecular flexibility index (Phi) is 7.84. The summed E-state index contributed by atoms with van der Waals surface area (Å²) in [5.41, 5.74) is 0.839. The third-order valence-electron chi connectivity index (χ3n) is 3.20. The van der Waals surface area contributed by atoms with Crippen molar-refractivity contribution >= 4 is 11.9 Å². The van der Waals surface area contributed by atoms with Crippen molar-refractivity contribution in [3.05, 3.63) is 23.8 Å². The summed E-state index contributed by atoms with van der Waals surface area (Å²) in [6.45, 7) is 8.57. The lowest BCUT2D eigenvalue weighted by molar-refractivity contribution is -0.139. The molecule has 0 aliphatic carbocycles. The van der Waals surface area contributed by atoms with E-state index in [2.05, 4.69) is 6.58 Å². The van der Waals surface area contributed by atoms with Crippen molar-refractivity contribution < 1.29 is 28.9 Å². The first kappa shape index (κ1) is 18.4. The average molecular weight is 312 g/mol. The van der Waals surface area contributed by atoms with E-state index in [1.54, 1.807) is 19.9 Å². The topological polar surface area (TPSA) is 85.4 Å². The molecule has 0 saturated carbocycles. The van der Waals surface area contributed by atoms with Crippen LogP contribution in [0.15, 0.2) is 23.8 Å². The lowest BCUT2D eigenvalue weighted by atomic mass is 10.1. The Hall–Kier alpha value is -1.66. The van der Waals surface area contributed by atoms with Crippen LogP contribution in [0.4, 0.5) is 0 Å². The van der Waals surface area contributed by atoms with Crippen molar-refractivity contribution in [3.63, 3.8) is 0 Å². The molecule has 124 valence electrons. The molecule has 0 bridgehead atoms. The van der Waals surface area contributed by atoms with Crippen LogP contribution in [-0.4, -0.2) is 49.1 Å². The van der Waals surface area contributed by atoms with E-state index in [0.29, 0.717) is 24.4 Å². The number of rotatable bonds is 6. The van der Waals surface area contributed by atoms with E-state index >= 15 is 0 Å². The molecule has 2 saturated heterocycles. The molecule has 2 aliphatic heterocycles. The first-order valence-corrected chi connectivity index (χ1v) is 7.36. The van der Waals surface area contributed by atoms with E-state index in [9.17, 15) is 9.59 Å². The molecule has 2 atom stereocenters. The lowest BCUT2D eigenvalue weighted by Crippen LogP contribution is -2.09. The maximum Gasteiger partial charge on any atom is 0.333 e. The zero-order valence-corrected chi connectivity index (χ0v) is 13.2. The highest BCUT2D eigenvalue weighted by Gasteiger charge is 2.24. The molecule has 0 aromatic rings. The van der Waals surface area contributed by atoms with Crippen LogP contribution in [0.3, 0.4) is 0 Å². The van der Waals surface area contributed by atoms with Crippen molar-refractivity contribution in [3.8, 4) is 0 Å². The standard InChI is InChI=1S/C9H14O3.C7H10O3/c1-7(9(10)11)4-5-8-3-2-6-12-8;1-5(2)7(8)10-4-6-3-9-6/h4,8H,2-3,5-6H2,1H3,(H,10,11);6H,1,3-4H2,2H3/b7-4+;. The molecule has 22 heavy (non-hydrogen) atoms. The molecule has 0 amide bonds. The van der Waals surface area contributed by atoms with Crippen LogP contribution in [0.5, 0.6) is 0 Å². The molecule has 1 N–H and O–H groups in total. The van der Waals surface area contributed by atoms with Crippen LogP contribution < -0.4 is 0 Å². The number of carboxylic acid groups (broad SMARTS) is 1. The Morgan fingerprint density at radius 2 is 2.00 bits per heavy atom. The molecule has 0 aromatic carbocycles. The first-order valence-electron chi connectivity index (χ1n) is 7.36. The summed E-state index contributed by atoms with van der Waals surface area (Å²) in [5.74, 6) is -1.18. The second kappa shape index (κ2) is 9.38. The average Bonchev–Trinajstić information content (AvgIpc) is 3.16. The van der Waals surface area contributed by atoms with Gasteiger partial charge in [-0.1, -0.05) is 12.7 Å². The third-order valence-corrected chi connectivity index (χ3v) is 3.20. The Balaban J connectivity index is 0.000000224. The maximum atomic E-state index is 10.7. The van der Waals surface area contributed by atoms with Gasteiger partial charge in [0.15, 0.2) is 0 Å². The van der Waals surface area contributed by atoms with E-state index in [1.165, 1.54) is 0 Å². The molecule has 0 spiro atoms. The zero-order valence-electron chi connectivity index (χ0n) is 13.2. The van der Waals surface area contributed by atoms with Crippen molar-refractivity contribution in [2.45, 2.75) is 45.3 Å². The minimum atomic E-state index is -0.840. The molecule has 2 rings (SSSR count). The molecule has 0 radical (unpaired) electrons. The van der Waals surface area contributed by atoms with Gasteiger partial charge in [-0.05, 0) is 33.1 Å². The normalized spacial score (nSPS) is 23.3. The van der Waals surface area contributed by atoms with Gasteiger partial charge < -0.3 is 19.3 Å². The van der Waals surface area contributed by atoms with E-state index in [0.717, 1.165) is 25.9 Å². The summed E-state index contributed by atoms with van der Waals surface area (Å²) in [7, 11) is 0. The van der Waals surface area contributed by atoms with Gasteiger partial charge in [0.2, 0.25) is 0 Å². The van der Waals surface area contributed by atoms with Gasteiger partial charge in [0.05, 0.1) is 12.7 Å². The predicted octanol–water partition coefficient (Wildman–Crippen LogP) is 2.09. The third kappa shape index (κ3) is 7.95. The van der Waals surface area contributed by atoms with Crippen molar-refractivity contribution in [2.75, 3.05) is 19.8 Å². The van der Waals surface area contributed by atoms with Crippen LogP contribution in [0.1, 0.15) is 33.1 Å². The smallest absolute Gasteiger partial charge is 0.333 e. The lowest BCUT2D eigenvalue weighted by Gasteiger charge is -2.04. The van der Waals surface area contributed by atoms with Crippen molar-refractivity contribution in [1.82, 2.24) is 0 Å². The molecule has 0 aromatic heterocycles. The quantitative estimate of drug-likeness (QED) is 0.459. The fourth-order valence-electron chi connectivity index (χ4n) is 1.68. The molecule has 6 nitrogen and oxygen atoms in total. The number of carbonyl (C=O) groups excluding carboxylic acids is 1. The zero-order chi connectivity index (χ0) is 16.5. The van der Waals surface area contributed by atoms with Gasteiger partial charge >= 0.3 is 11.9 Å². The largest absolute Gasteiger partial charge is 0.478 e. The molecule has 2 aliphatic rings. The van der Waals surface area contributed by atoms with E-state index in [-0.39, 0.29) is 18.2 Å². The number of hydrogen-bond donors (Lipinski definition) is 1. The number of carboxylic acids is 1. The Labute approximate surface area is 130 Å². The fraction of sp³-hybridized carbons (Fsp3) is 0.625. The highest BCUT2D eigenvalue weighted by Crippen LogP contribution is 2.16. The summed E-state index contributed by atoms with van der Waals surface area (Å²) in [5, 5.41) is 8.55. The summed E-state index contributed by atoms with van der Waals surface area (Å²) >= 11 is 0. The minimum absolute atomic E-state index is 0.142. The van der Waals surface area contributed by atoms with E-state index in [1.807, 2.05) is 0 Å². The van der Waals surface area contributed by atoms with Crippen molar-refractivity contribution in [1.29, 1.82) is 0 Å². The van der Waals surface area contributed by atoms with Crippen LogP contribution in [-0.2, 0) is 23.8 Å². The minimum Gasteiger partial charge on any atom is -0.478 e. The summed E-state index contributed by atoms with van der Waals surface area (Å²) in [6.07, 6.45) is 5.02. The van der Waals surface area contributed by atoms with Gasteiger partial charge in [0, 0.05) is 17.8 Å². The van der Waals surface area contributed by atoms with Gasteiger partial charge in [0.1, 0.15) is 12.7 Å². The molecule has 2 heterocycles. The highest BCUT2D eigenvalue weighted by atomic mass is 16.6. The molecular weight excluding hydrogens is 288 g/mol. The number of hydrogen-bond acceptors (Lipinski definition) is 5. The summed E-state index contributed by atoms with van der Waals surface area (Å²) < 4.78 is 14.9. The second-order valence-electron chi connectivity index (χ2n) is 5.40. The van der Waals surface area contributed by atoms with Crippen LogP contribution >= 0.6 is 0 Å². The van der Waals surface area contributed by atoms with Crippen LogP contribution in [0.25, 0.3) is 0 Å². The number of ether oxygens (including phenoxy) is 3. The van der Waals surface area contributed by atoms with Gasteiger partial charge in [-0.2, -0.15) is 0 Å². The number of esters is 1. The first-order chi connectivity index (χ1) is 10.4. The predicted molar refractivity (Wildman–Crippen MR) is 80.5 cm³/mol. The van der Waals surface area contributed by atoms with Gasteiger partial charge in [-0.15, -0.1) is 0 Å². The van der Waals surface area contributed by atoms with Crippen molar-refractivity contribution in [2.24, 2.45) is 0 Å². The maximum absolute atomic E-state index is 10.7. The van der Waals surface area contributed by atoms with Gasteiger partial charge in [0.25, 0.3) is 0 Å². The van der Waals surface area contributed by atoms with Crippen LogP contribution in [0, 0.1) is 0 Å². The Bertz CT molecular complexity index is 430. The number of aliphatic carboxylic acids is 1. The Morgan fingerprint density at radius 1 is 1.32 bits per heavy atom. The van der Waals surface area contributed by atoms with Gasteiger partial charge in [-0.3, -0.25) is 0 Å². The molecular formula is C16H24O6. The Morgan fingerprint density at radius 3 is 2.45 bits per heavy atom.